The highest BCUT2D eigenvalue weighted by Crippen LogP contribution is 2.10. The Hall–Kier alpha value is -1.06. The van der Waals surface area contributed by atoms with Crippen molar-refractivity contribution in [2.75, 3.05) is 0 Å². The Bertz CT molecular complexity index is 234. The molecule has 0 bridgehead atoms. The fraction of sp³-hybridized carbons (Fsp3) is 0.857. The number of rotatable bonds is 11. The molecule has 106 valence electrons. The van der Waals surface area contributed by atoms with Crippen LogP contribution in [0.1, 0.15) is 71.6 Å². The van der Waals surface area contributed by atoms with Crippen molar-refractivity contribution in [3.05, 3.63) is 0 Å². The van der Waals surface area contributed by atoms with Gasteiger partial charge in [-0.3, -0.25) is 9.59 Å². The van der Waals surface area contributed by atoms with Gasteiger partial charge in [0.2, 0.25) is 0 Å². The molecule has 0 saturated carbocycles. The van der Waals surface area contributed by atoms with E-state index >= 15 is 0 Å². The van der Waals surface area contributed by atoms with E-state index in [-0.39, 0.29) is 18.5 Å². The van der Waals surface area contributed by atoms with Gasteiger partial charge >= 0.3 is 11.9 Å². The number of carbonyl (C=O) groups excluding carboxylic acids is 1. The van der Waals surface area contributed by atoms with Gasteiger partial charge in [-0.15, -0.1) is 0 Å². The molecule has 0 aromatic heterocycles. The van der Waals surface area contributed by atoms with E-state index in [9.17, 15) is 9.59 Å². The summed E-state index contributed by atoms with van der Waals surface area (Å²) < 4.78 is 5.29. The third-order valence-electron chi connectivity index (χ3n) is 2.98. The lowest BCUT2D eigenvalue weighted by Crippen LogP contribution is -2.16. The topological polar surface area (TPSA) is 63.6 Å². The average Bonchev–Trinajstić information content (AvgIpc) is 2.34. The minimum atomic E-state index is -0.733. The Morgan fingerprint density at radius 1 is 0.944 bits per heavy atom. The van der Waals surface area contributed by atoms with Gasteiger partial charge in [-0.1, -0.05) is 33.1 Å². The van der Waals surface area contributed by atoms with Crippen molar-refractivity contribution in [1.29, 1.82) is 0 Å². The molecule has 0 saturated heterocycles. The summed E-state index contributed by atoms with van der Waals surface area (Å²) in [5.41, 5.74) is 0. The van der Waals surface area contributed by atoms with E-state index in [1.807, 2.05) is 13.8 Å². The largest absolute Gasteiger partial charge is 0.481 e. The van der Waals surface area contributed by atoms with Crippen LogP contribution in [-0.2, 0) is 14.3 Å². The van der Waals surface area contributed by atoms with Crippen LogP contribution in [0.25, 0.3) is 0 Å². The van der Waals surface area contributed by atoms with Crippen molar-refractivity contribution < 1.29 is 19.4 Å². The molecule has 0 aliphatic rings. The number of hydrogen-bond acceptors (Lipinski definition) is 3. The molecule has 0 aromatic rings. The van der Waals surface area contributed by atoms with Gasteiger partial charge in [-0.25, -0.2) is 0 Å². The van der Waals surface area contributed by atoms with Crippen molar-refractivity contribution in [3.63, 3.8) is 0 Å². The minimum Gasteiger partial charge on any atom is -0.481 e. The molecule has 0 atom stereocenters. The van der Waals surface area contributed by atoms with Gasteiger partial charge in [-0.2, -0.15) is 0 Å². The van der Waals surface area contributed by atoms with Crippen LogP contribution in [0.4, 0.5) is 0 Å². The predicted molar refractivity (Wildman–Crippen MR) is 70.4 cm³/mol. The maximum absolute atomic E-state index is 11.4. The van der Waals surface area contributed by atoms with E-state index < -0.39 is 5.97 Å². The lowest BCUT2D eigenvalue weighted by atomic mass is 10.1. The zero-order valence-electron chi connectivity index (χ0n) is 11.6. The van der Waals surface area contributed by atoms with Crippen LogP contribution in [0, 0.1) is 0 Å². The second kappa shape index (κ2) is 11.1. The molecule has 0 rings (SSSR count). The molecule has 0 radical (unpaired) electrons. The maximum Gasteiger partial charge on any atom is 0.306 e. The molecule has 0 heterocycles. The van der Waals surface area contributed by atoms with Crippen LogP contribution in [0.15, 0.2) is 0 Å². The Morgan fingerprint density at radius 2 is 1.44 bits per heavy atom. The summed E-state index contributed by atoms with van der Waals surface area (Å²) in [5.74, 6) is -0.835. The number of carboxylic acids is 1. The lowest BCUT2D eigenvalue weighted by molar-refractivity contribution is -0.149. The Kier molecular flexibility index (Phi) is 10.4. The van der Waals surface area contributed by atoms with Crippen LogP contribution in [0.5, 0.6) is 0 Å². The summed E-state index contributed by atoms with van der Waals surface area (Å²) in [7, 11) is 0. The summed E-state index contributed by atoms with van der Waals surface area (Å²) in [6.45, 7) is 4.04. The Labute approximate surface area is 110 Å². The molecule has 1 N–H and O–H groups in total. The zero-order chi connectivity index (χ0) is 13.8. The normalized spacial score (nSPS) is 10.6. The van der Waals surface area contributed by atoms with Crippen LogP contribution >= 0.6 is 0 Å². The Morgan fingerprint density at radius 3 is 1.94 bits per heavy atom. The fourth-order valence-corrected chi connectivity index (χ4v) is 1.78. The molecule has 0 amide bonds. The number of esters is 1. The molecule has 0 aromatic carbocycles. The first-order chi connectivity index (χ1) is 8.60. The molecule has 4 heteroatoms. The number of hydrogen-bond donors (Lipinski definition) is 1. The van der Waals surface area contributed by atoms with Crippen LogP contribution in [-0.4, -0.2) is 23.1 Å². The summed E-state index contributed by atoms with van der Waals surface area (Å²) in [4.78, 5) is 21.7. The standard InChI is InChI=1S/C14H26O4/c1-3-12(4-2)18-14(17)11-9-7-5-6-8-10-13(15)16/h12H,3-11H2,1-2H3,(H,15,16). The molecule has 4 nitrogen and oxygen atoms in total. The van der Waals surface area contributed by atoms with Crippen molar-refractivity contribution in [3.8, 4) is 0 Å². The van der Waals surface area contributed by atoms with Crippen molar-refractivity contribution in [1.82, 2.24) is 0 Å². The highest BCUT2D eigenvalue weighted by atomic mass is 16.5. The number of carboxylic acid groups (broad SMARTS) is 1. The fourth-order valence-electron chi connectivity index (χ4n) is 1.78. The molecule has 0 fully saturated rings. The highest BCUT2D eigenvalue weighted by molar-refractivity contribution is 5.69. The van der Waals surface area contributed by atoms with Crippen molar-refractivity contribution in [2.24, 2.45) is 0 Å². The van der Waals surface area contributed by atoms with Crippen LogP contribution in [0.3, 0.4) is 0 Å². The molecule has 0 unspecified atom stereocenters. The van der Waals surface area contributed by atoms with Gasteiger partial charge in [0.05, 0.1) is 0 Å². The highest BCUT2D eigenvalue weighted by Gasteiger charge is 2.09. The minimum absolute atomic E-state index is 0.0630. The SMILES string of the molecule is CCC(CC)OC(=O)CCCCCCCC(=O)O. The van der Waals surface area contributed by atoms with E-state index in [0.717, 1.165) is 44.9 Å². The van der Waals surface area contributed by atoms with E-state index in [1.54, 1.807) is 0 Å². The molecular weight excluding hydrogens is 232 g/mol. The smallest absolute Gasteiger partial charge is 0.306 e. The lowest BCUT2D eigenvalue weighted by Gasteiger charge is -2.13. The van der Waals surface area contributed by atoms with Gasteiger partial charge in [0, 0.05) is 12.8 Å². The van der Waals surface area contributed by atoms with E-state index in [4.69, 9.17) is 9.84 Å². The summed E-state index contributed by atoms with van der Waals surface area (Å²) >= 11 is 0. The summed E-state index contributed by atoms with van der Waals surface area (Å²) in [6, 6.07) is 0. The van der Waals surface area contributed by atoms with E-state index in [0.29, 0.717) is 6.42 Å². The van der Waals surface area contributed by atoms with E-state index in [2.05, 4.69) is 0 Å². The third-order valence-corrected chi connectivity index (χ3v) is 2.98. The zero-order valence-corrected chi connectivity index (χ0v) is 11.6. The summed E-state index contributed by atoms with van der Waals surface area (Å²) in [6.07, 6.45) is 6.99. The average molecular weight is 258 g/mol. The van der Waals surface area contributed by atoms with Crippen LogP contribution < -0.4 is 0 Å². The quantitative estimate of drug-likeness (QED) is 0.455. The first kappa shape index (κ1) is 16.9. The number of carbonyl (C=O) groups is 2. The molecule has 0 aliphatic carbocycles. The number of aliphatic carboxylic acids is 1. The Balaban J connectivity index is 3.37. The second-order valence-electron chi connectivity index (χ2n) is 4.59. The third kappa shape index (κ3) is 10.1. The van der Waals surface area contributed by atoms with Crippen molar-refractivity contribution in [2.45, 2.75) is 77.7 Å². The maximum atomic E-state index is 11.4. The van der Waals surface area contributed by atoms with Gasteiger partial charge in [0.25, 0.3) is 0 Å². The molecular formula is C14H26O4. The molecule has 18 heavy (non-hydrogen) atoms. The predicted octanol–water partition coefficient (Wildman–Crippen LogP) is 3.53. The molecule has 0 aliphatic heterocycles. The van der Waals surface area contributed by atoms with Gasteiger partial charge in [-0.05, 0) is 25.7 Å². The number of unbranched alkanes of at least 4 members (excludes halogenated alkanes) is 4. The first-order valence-corrected chi connectivity index (χ1v) is 7.01. The number of ether oxygens (including phenoxy) is 1. The van der Waals surface area contributed by atoms with Gasteiger partial charge in [0.15, 0.2) is 0 Å². The van der Waals surface area contributed by atoms with E-state index in [1.165, 1.54) is 0 Å². The van der Waals surface area contributed by atoms with Crippen LogP contribution in [0.2, 0.25) is 0 Å². The molecule has 0 spiro atoms. The first-order valence-electron chi connectivity index (χ1n) is 7.01. The van der Waals surface area contributed by atoms with Crippen molar-refractivity contribution >= 4 is 11.9 Å². The summed E-state index contributed by atoms with van der Waals surface area (Å²) in [5, 5.41) is 8.46. The monoisotopic (exact) mass is 258 g/mol. The van der Waals surface area contributed by atoms with Gasteiger partial charge in [0.1, 0.15) is 6.10 Å². The second-order valence-corrected chi connectivity index (χ2v) is 4.59. The van der Waals surface area contributed by atoms with Gasteiger partial charge < -0.3 is 9.84 Å².